The van der Waals surface area contributed by atoms with Crippen LogP contribution in [0.3, 0.4) is 0 Å². The molecule has 23 heavy (non-hydrogen) atoms. The van der Waals surface area contributed by atoms with Gasteiger partial charge in [-0.25, -0.2) is 4.79 Å². The Kier molecular flexibility index (Phi) is 6.35. The van der Waals surface area contributed by atoms with Gasteiger partial charge in [-0.1, -0.05) is 12.1 Å². The van der Waals surface area contributed by atoms with Gasteiger partial charge in [-0.15, -0.1) is 0 Å². The van der Waals surface area contributed by atoms with E-state index in [2.05, 4.69) is 18.8 Å². The van der Waals surface area contributed by atoms with Gasteiger partial charge in [0.2, 0.25) is 0 Å². The van der Waals surface area contributed by atoms with Crippen molar-refractivity contribution in [2.24, 2.45) is 0 Å². The zero-order chi connectivity index (χ0) is 16.7. The van der Waals surface area contributed by atoms with Crippen molar-refractivity contribution in [3.8, 4) is 5.75 Å². The van der Waals surface area contributed by atoms with Crippen LogP contribution < -0.4 is 9.64 Å². The number of carbonyl (C=O) groups excluding carboxylic acids is 1. The number of benzene rings is 1. The summed E-state index contributed by atoms with van der Waals surface area (Å²) in [5.41, 5.74) is 1.22. The largest absolute Gasteiger partial charge is 0.494 e. The van der Waals surface area contributed by atoms with Crippen molar-refractivity contribution in [3.63, 3.8) is 0 Å². The Hall–Kier alpha value is -2.14. The van der Waals surface area contributed by atoms with Crippen LogP contribution in [-0.4, -0.2) is 44.3 Å². The van der Waals surface area contributed by atoms with Crippen LogP contribution in [0, 0.1) is 0 Å². The number of carbonyl (C=O) groups is 1. The second-order valence-electron chi connectivity index (χ2n) is 5.45. The van der Waals surface area contributed by atoms with Gasteiger partial charge in [0.05, 0.1) is 38.9 Å². The van der Waals surface area contributed by atoms with E-state index in [9.17, 15) is 4.79 Å². The maximum absolute atomic E-state index is 12.1. The van der Waals surface area contributed by atoms with Gasteiger partial charge in [-0.2, -0.15) is 0 Å². The quantitative estimate of drug-likeness (QED) is 0.595. The van der Waals surface area contributed by atoms with Crippen LogP contribution >= 0.6 is 0 Å². The highest BCUT2D eigenvalue weighted by atomic mass is 16.5. The number of nitrogens with one attached hydrogen (secondary N) is 1. The number of rotatable bonds is 8. The number of ether oxygens (including phenoxy) is 2. The van der Waals surface area contributed by atoms with Crippen molar-refractivity contribution >= 4 is 16.9 Å². The van der Waals surface area contributed by atoms with Crippen molar-refractivity contribution in [2.45, 2.75) is 20.3 Å². The molecule has 5 nitrogen and oxygen atoms in total. The number of hydrogen-bond acceptors (Lipinski definition) is 4. The molecule has 2 aromatic rings. The highest BCUT2D eigenvalue weighted by Crippen LogP contribution is 2.23. The molecule has 1 N–H and O–H groups in total. The van der Waals surface area contributed by atoms with E-state index in [0.717, 1.165) is 37.0 Å². The molecule has 0 saturated heterocycles. The Balaban J connectivity index is 1.96. The molecule has 1 aromatic heterocycles. The highest BCUT2D eigenvalue weighted by molar-refractivity contribution is 5.95. The molecule has 124 valence electrons. The van der Waals surface area contributed by atoms with E-state index in [1.807, 2.05) is 18.2 Å². The van der Waals surface area contributed by atoms with Gasteiger partial charge in [0.25, 0.3) is 0 Å². The van der Waals surface area contributed by atoms with Gasteiger partial charge < -0.3 is 14.4 Å². The molecule has 0 aliphatic carbocycles. The fourth-order valence-electron chi connectivity index (χ4n) is 2.58. The third-order valence-corrected chi connectivity index (χ3v) is 4.04. The van der Waals surface area contributed by atoms with E-state index in [4.69, 9.17) is 9.47 Å². The summed E-state index contributed by atoms with van der Waals surface area (Å²) < 4.78 is 10.6. The van der Waals surface area contributed by atoms with Crippen LogP contribution in [0.25, 0.3) is 10.9 Å². The van der Waals surface area contributed by atoms with Gasteiger partial charge in [-0.3, -0.25) is 4.98 Å². The van der Waals surface area contributed by atoms with Crippen LogP contribution in [0.5, 0.6) is 5.75 Å². The first-order valence-electron chi connectivity index (χ1n) is 8.13. The van der Waals surface area contributed by atoms with Crippen molar-refractivity contribution in [1.82, 2.24) is 4.98 Å². The van der Waals surface area contributed by atoms with Crippen LogP contribution in [0.2, 0.25) is 0 Å². The summed E-state index contributed by atoms with van der Waals surface area (Å²) in [6.45, 7) is 7.99. The van der Waals surface area contributed by atoms with Crippen LogP contribution in [0.1, 0.15) is 30.6 Å². The topological polar surface area (TPSA) is 52.9 Å². The minimum Gasteiger partial charge on any atom is -0.494 e. The number of pyridine rings is 1. The molecule has 0 radical (unpaired) electrons. The third kappa shape index (κ3) is 4.42. The first kappa shape index (κ1) is 17.2. The molecule has 1 aromatic carbocycles. The summed E-state index contributed by atoms with van der Waals surface area (Å²) in [7, 11) is 1.61. The van der Waals surface area contributed by atoms with Crippen LogP contribution in [0.4, 0.5) is 0 Å². The van der Waals surface area contributed by atoms with E-state index in [-0.39, 0.29) is 5.97 Å². The molecular weight excluding hydrogens is 292 g/mol. The van der Waals surface area contributed by atoms with Gasteiger partial charge in [0.1, 0.15) is 11.3 Å². The zero-order valence-electron chi connectivity index (χ0n) is 14.1. The molecule has 5 heteroatoms. The average molecular weight is 317 g/mol. The lowest BCUT2D eigenvalue weighted by atomic mass is 10.1. The molecule has 0 aliphatic rings. The smallest absolute Gasteiger partial charge is 0.339 e. The maximum atomic E-state index is 12.1. The average Bonchev–Trinajstić information content (AvgIpc) is 2.60. The first-order chi connectivity index (χ1) is 11.2. The SMILES string of the molecule is CC[NH+](CC)CCCOC(=O)c1cnc2c(OC)cccc2c1. The summed E-state index contributed by atoms with van der Waals surface area (Å²) in [6, 6.07) is 7.43. The van der Waals surface area contributed by atoms with Crippen LogP contribution in [0.15, 0.2) is 30.5 Å². The summed E-state index contributed by atoms with van der Waals surface area (Å²) >= 11 is 0. The summed E-state index contributed by atoms with van der Waals surface area (Å²) in [5.74, 6) is 0.376. The molecule has 0 aliphatic heterocycles. The van der Waals surface area contributed by atoms with Crippen molar-refractivity contribution in [1.29, 1.82) is 0 Å². The molecule has 2 rings (SSSR count). The molecule has 0 saturated carbocycles. The minimum absolute atomic E-state index is 0.322. The number of para-hydroxylation sites is 1. The maximum Gasteiger partial charge on any atom is 0.339 e. The normalized spacial score (nSPS) is 11.0. The predicted octanol–water partition coefficient (Wildman–Crippen LogP) is 1.71. The van der Waals surface area contributed by atoms with Crippen molar-refractivity contribution in [2.75, 3.05) is 33.4 Å². The number of hydrogen-bond donors (Lipinski definition) is 1. The number of fused-ring (bicyclic) bond motifs is 1. The van der Waals surface area contributed by atoms with E-state index in [0.29, 0.717) is 17.9 Å². The fraction of sp³-hybridized carbons (Fsp3) is 0.444. The van der Waals surface area contributed by atoms with E-state index < -0.39 is 0 Å². The lowest BCUT2D eigenvalue weighted by Crippen LogP contribution is -3.11. The lowest BCUT2D eigenvalue weighted by Gasteiger charge is -2.14. The molecule has 0 atom stereocenters. The summed E-state index contributed by atoms with van der Waals surface area (Å²) in [5, 5.41) is 0.867. The lowest BCUT2D eigenvalue weighted by molar-refractivity contribution is -0.896. The molecule has 0 spiro atoms. The zero-order valence-corrected chi connectivity index (χ0v) is 14.1. The molecule has 0 fully saturated rings. The van der Waals surface area contributed by atoms with Crippen LogP contribution in [-0.2, 0) is 4.74 Å². The number of quaternary nitrogens is 1. The highest BCUT2D eigenvalue weighted by Gasteiger charge is 2.11. The fourth-order valence-corrected chi connectivity index (χ4v) is 2.58. The molecular formula is C18H25N2O3+. The second kappa shape index (κ2) is 8.48. The monoisotopic (exact) mass is 317 g/mol. The Morgan fingerprint density at radius 2 is 2.04 bits per heavy atom. The van der Waals surface area contributed by atoms with Gasteiger partial charge in [0, 0.05) is 18.0 Å². The minimum atomic E-state index is -0.322. The molecule has 0 unspecified atom stereocenters. The number of nitrogens with zero attached hydrogens (tertiary/aromatic N) is 1. The van der Waals surface area contributed by atoms with E-state index in [1.54, 1.807) is 19.4 Å². The Morgan fingerprint density at radius 1 is 1.26 bits per heavy atom. The van der Waals surface area contributed by atoms with Gasteiger partial charge >= 0.3 is 5.97 Å². The second-order valence-corrected chi connectivity index (χ2v) is 5.45. The number of esters is 1. The Bertz CT molecular complexity index is 654. The van der Waals surface area contributed by atoms with Crippen molar-refractivity contribution in [3.05, 3.63) is 36.0 Å². The summed E-state index contributed by atoms with van der Waals surface area (Å²) in [6.07, 6.45) is 2.42. The third-order valence-electron chi connectivity index (χ3n) is 4.04. The molecule has 0 amide bonds. The Labute approximate surface area is 137 Å². The molecule has 0 bridgehead atoms. The Morgan fingerprint density at radius 3 is 2.74 bits per heavy atom. The van der Waals surface area contributed by atoms with Gasteiger partial charge in [0.15, 0.2) is 0 Å². The van der Waals surface area contributed by atoms with Gasteiger partial charge in [-0.05, 0) is 26.0 Å². The number of aromatic nitrogens is 1. The molecule has 1 heterocycles. The standard InChI is InChI=1S/C18H24N2O3/c1-4-20(5-2)10-7-11-23-18(21)15-12-14-8-6-9-16(22-3)17(14)19-13-15/h6,8-9,12-13H,4-5,7,10-11H2,1-3H3/p+1. The van der Waals surface area contributed by atoms with E-state index in [1.165, 1.54) is 4.90 Å². The predicted molar refractivity (Wildman–Crippen MR) is 90.1 cm³/mol. The van der Waals surface area contributed by atoms with E-state index >= 15 is 0 Å². The van der Waals surface area contributed by atoms with Crippen molar-refractivity contribution < 1.29 is 19.2 Å². The number of methoxy groups -OCH3 is 1. The summed E-state index contributed by atoms with van der Waals surface area (Å²) in [4.78, 5) is 18.0. The first-order valence-corrected chi connectivity index (χ1v) is 8.13.